The number of amides is 1. The van der Waals surface area contributed by atoms with Gasteiger partial charge in [0.15, 0.2) is 0 Å². The van der Waals surface area contributed by atoms with Gasteiger partial charge in [0.2, 0.25) is 5.91 Å². The van der Waals surface area contributed by atoms with Crippen molar-refractivity contribution >= 4 is 5.91 Å². The molecule has 1 aliphatic carbocycles. The highest BCUT2D eigenvalue weighted by Gasteiger charge is 2.38. The van der Waals surface area contributed by atoms with E-state index in [2.05, 4.69) is 29.6 Å². The average Bonchev–Trinajstić information content (AvgIpc) is 2.28. The second kappa shape index (κ2) is 5.38. The summed E-state index contributed by atoms with van der Waals surface area (Å²) in [5.74, 6) is 0.0252. The third-order valence-electron chi connectivity index (χ3n) is 3.72. The van der Waals surface area contributed by atoms with Crippen LogP contribution >= 0.6 is 0 Å². The molecule has 1 saturated carbocycles. The average molecular weight is 243 g/mol. The van der Waals surface area contributed by atoms with E-state index in [0.29, 0.717) is 0 Å². The van der Waals surface area contributed by atoms with Crippen LogP contribution in [0.3, 0.4) is 0 Å². The molecular weight excluding hydrogens is 222 g/mol. The van der Waals surface area contributed by atoms with Gasteiger partial charge in [0, 0.05) is 18.0 Å². The molecule has 1 amide bonds. The van der Waals surface area contributed by atoms with Gasteiger partial charge in [-0.05, 0) is 32.3 Å². The summed E-state index contributed by atoms with van der Waals surface area (Å²) in [6, 6.07) is 10.5. The first kappa shape index (κ1) is 12.9. The smallest absolute Gasteiger partial charge is 0.243 e. The molecule has 0 spiro atoms. The zero-order valence-corrected chi connectivity index (χ0v) is 11.2. The Morgan fingerprint density at radius 2 is 1.94 bits per heavy atom. The summed E-state index contributed by atoms with van der Waals surface area (Å²) < 4.78 is 0. The molecule has 0 unspecified atom stereocenters. The van der Waals surface area contributed by atoms with Gasteiger partial charge in [-0.2, -0.15) is 0 Å². The van der Waals surface area contributed by atoms with E-state index in [1.807, 2.05) is 19.9 Å². The third kappa shape index (κ3) is 2.81. The lowest BCUT2D eigenvalue weighted by Crippen LogP contribution is -2.45. The Balaban J connectivity index is 2.02. The van der Waals surface area contributed by atoms with Crippen LogP contribution in [-0.4, -0.2) is 12.5 Å². The van der Waals surface area contributed by atoms with E-state index >= 15 is 0 Å². The molecular formula is C16H21NO. The van der Waals surface area contributed by atoms with E-state index in [0.717, 1.165) is 12.1 Å². The molecule has 0 bridgehead atoms. The van der Waals surface area contributed by atoms with Crippen molar-refractivity contribution in [2.45, 2.75) is 38.5 Å². The lowest BCUT2D eigenvalue weighted by atomic mass is 9.64. The van der Waals surface area contributed by atoms with Crippen LogP contribution in [0.15, 0.2) is 42.0 Å². The van der Waals surface area contributed by atoms with Crippen molar-refractivity contribution in [1.29, 1.82) is 0 Å². The summed E-state index contributed by atoms with van der Waals surface area (Å²) in [4.78, 5) is 11.7. The Hall–Kier alpha value is -1.57. The van der Waals surface area contributed by atoms with Gasteiger partial charge >= 0.3 is 0 Å². The maximum Gasteiger partial charge on any atom is 0.243 e. The molecule has 2 rings (SSSR count). The monoisotopic (exact) mass is 243 g/mol. The van der Waals surface area contributed by atoms with Crippen molar-refractivity contribution < 1.29 is 4.79 Å². The first-order chi connectivity index (χ1) is 8.62. The zero-order valence-electron chi connectivity index (χ0n) is 11.2. The van der Waals surface area contributed by atoms with Gasteiger partial charge in [0.25, 0.3) is 0 Å². The number of allylic oxidation sites excluding steroid dienone is 1. The molecule has 1 aromatic rings. The van der Waals surface area contributed by atoms with Crippen LogP contribution < -0.4 is 5.32 Å². The standard InChI is InChI=1S/C16H21NO/c1-13(2)11-15(18)17-12-16(9-6-10-16)14-7-4-3-5-8-14/h3-5,7-8,11H,6,9-10,12H2,1-2H3,(H,17,18). The van der Waals surface area contributed by atoms with Gasteiger partial charge in [-0.15, -0.1) is 0 Å². The predicted molar refractivity (Wildman–Crippen MR) is 74.4 cm³/mol. The molecule has 0 aromatic heterocycles. The number of benzene rings is 1. The fourth-order valence-electron chi connectivity index (χ4n) is 2.53. The minimum atomic E-state index is 0.0252. The van der Waals surface area contributed by atoms with Gasteiger partial charge in [-0.3, -0.25) is 4.79 Å². The van der Waals surface area contributed by atoms with Gasteiger partial charge in [-0.1, -0.05) is 42.3 Å². The minimum absolute atomic E-state index is 0.0252. The maximum absolute atomic E-state index is 11.7. The number of hydrogen-bond acceptors (Lipinski definition) is 1. The Morgan fingerprint density at radius 1 is 1.28 bits per heavy atom. The summed E-state index contributed by atoms with van der Waals surface area (Å²) in [7, 11) is 0. The SMILES string of the molecule is CC(C)=CC(=O)NCC1(c2ccccc2)CCC1. The van der Waals surface area contributed by atoms with E-state index in [9.17, 15) is 4.79 Å². The molecule has 0 aliphatic heterocycles. The molecule has 96 valence electrons. The van der Waals surface area contributed by atoms with Crippen molar-refractivity contribution in [2.24, 2.45) is 0 Å². The van der Waals surface area contributed by atoms with Gasteiger partial charge in [0.05, 0.1) is 0 Å². The summed E-state index contributed by atoms with van der Waals surface area (Å²) in [6.45, 7) is 4.63. The second-order valence-corrected chi connectivity index (χ2v) is 5.44. The second-order valence-electron chi connectivity index (χ2n) is 5.44. The van der Waals surface area contributed by atoms with Crippen LogP contribution in [0, 0.1) is 0 Å². The molecule has 0 radical (unpaired) electrons. The summed E-state index contributed by atoms with van der Waals surface area (Å²) in [6.07, 6.45) is 5.27. The maximum atomic E-state index is 11.7. The quantitative estimate of drug-likeness (QED) is 0.808. The Bertz CT molecular complexity index is 439. The lowest BCUT2D eigenvalue weighted by Gasteiger charge is -2.42. The normalized spacial score (nSPS) is 16.6. The Morgan fingerprint density at radius 3 is 2.44 bits per heavy atom. The van der Waals surface area contributed by atoms with Crippen molar-refractivity contribution in [3.63, 3.8) is 0 Å². The summed E-state index contributed by atoms with van der Waals surface area (Å²) in [5, 5.41) is 3.04. The van der Waals surface area contributed by atoms with Crippen molar-refractivity contribution in [3.8, 4) is 0 Å². The van der Waals surface area contributed by atoms with Gasteiger partial charge < -0.3 is 5.32 Å². The van der Waals surface area contributed by atoms with Crippen molar-refractivity contribution in [3.05, 3.63) is 47.5 Å². The largest absolute Gasteiger partial charge is 0.352 e. The molecule has 1 aliphatic rings. The zero-order chi connectivity index (χ0) is 13.0. The third-order valence-corrected chi connectivity index (χ3v) is 3.72. The predicted octanol–water partition coefficient (Wildman–Crippen LogP) is 3.19. The van der Waals surface area contributed by atoms with Gasteiger partial charge in [-0.25, -0.2) is 0 Å². The molecule has 0 atom stereocenters. The highest BCUT2D eigenvalue weighted by atomic mass is 16.1. The molecule has 18 heavy (non-hydrogen) atoms. The lowest BCUT2D eigenvalue weighted by molar-refractivity contribution is -0.117. The van der Waals surface area contributed by atoms with E-state index in [4.69, 9.17) is 0 Å². The van der Waals surface area contributed by atoms with Crippen LogP contribution in [0.5, 0.6) is 0 Å². The molecule has 0 heterocycles. The van der Waals surface area contributed by atoms with E-state index < -0.39 is 0 Å². The van der Waals surface area contributed by atoms with Crippen LogP contribution in [0.2, 0.25) is 0 Å². The van der Waals surface area contributed by atoms with Crippen molar-refractivity contribution in [2.75, 3.05) is 6.54 Å². The van der Waals surface area contributed by atoms with E-state index in [1.165, 1.54) is 24.8 Å². The topological polar surface area (TPSA) is 29.1 Å². The highest BCUT2D eigenvalue weighted by Crippen LogP contribution is 2.43. The minimum Gasteiger partial charge on any atom is -0.352 e. The van der Waals surface area contributed by atoms with Crippen molar-refractivity contribution in [1.82, 2.24) is 5.32 Å². The van der Waals surface area contributed by atoms with Gasteiger partial charge in [0.1, 0.15) is 0 Å². The van der Waals surface area contributed by atoms with Crippen LogP contribution in [0.1, 0.15) is 38.7 Å². The molecule has 1 fully saturated rings. The van der Waals surface area contributed by atoms with Crippen LogP contribution in [0.4, 0.5) is 0 Å². The fourth-order valence-corrected chi connectivity index (χ4v) is 2.53. The molecule has 2 heteroatoms. The first-order valence-corrected chi connectivity index (χ1v) is 6.61. The van der Waals surface area contributed by atoms with Crippen LogP contribution in [0.25, 0.3) is 0 Å². The number of hydrogen-bond donors (Lipinski definition) is 1. The Kier molecular flexibility index (Phi) is 3.85. The summed E-state index contributed by atoms with van der Waals surface area (Å²) in [5.41, 5.74) is 2.57. The molecule has 1 N–H and O–H groups in total. The van der Waals surface area contributed by atoms with E-state index in [1.54, 1.807) is 6.08 Å². The number of carbonyl (C=O) groups is 1. The molecule has 2 nitrogen and oxygen atoms in total. The molecule has 0 saturated heterocycles. The van der Waals surface area contributed by atoms with E-state index in [-0.39, 0.29) is 11.3 Å². The number of nitrogens with one attached hydrogen (secondary N) is 1. The first-order valence-electron chi connectivity index (χ1n) is 6.61. The molecule has 1 aromatic carbocycles. The summed E-state index contributed by atoms with van der Waals surface area (Å²) >= 11 is 0. The Labute approximate surface area is 109 Å². The highest BCUT2D eigenvalue weighted by molar-refractivity contribution is 5.88. The fraction of sp³-hybridized carbons (Fsp3) is 0.438. The number of carbonyl (C=O) groups excluding carboxylic acids is 1. The number of rotatable bonds is 4. The van der Waals surface area contributed by atoms with Crippen LogP contribution in [-0.2, 0) is 10.2 Å².